The van der Waals surface area contributed by atoms with Crippen molar-refractivity contribution in [2.45, 2.75) is 20.3 Å². The van der Waals surface area contributed by atoms with Crippen LogP contribution in [0.25, 0.3) is 33.7 Å². The highest BCUT2D eigenvalue weighted by Crippen LogP contribution is 2.28. The lowest BCUT2D eigenvalue weighted by Gasteiger charge is -2.15. The second-order valence-corrected chi connectivity index (χ2v) is 7.47. The van der Waals surface area contributed by atoms with E-state index in [-0.39, 0.29) is 0 Å². The number of aryl methyl sites for hydroxylation is 1. The highest BCUT2D eigenvalue weighted by molar-refractivity contribution is 5.79. The number of carbonyl (C=O) groups excluding carboxylic acids is 1. The van der Waals surface area contributed by atoms with Crippen LogP contribution in [0.15, 0.2) is 48.9 Å². The number of carbonyl (C=O) groups is 1. The van der Waals surface area contributed by atoms with Gasteiger partial charge in [-0.15, -0.1) is 0 Å². The van der Waals surface area contributed by atoms with E-state index in [0.717, 1.165) is 45.5 Å². The molecule has 0 saturated heterocycles. The van der Waals surface area contributed by atoms with Crippen LogP contribution in [0.2, 0.25) is 0 Å². The van der Waals surface area contributed by atoms with Crippen LogP contribution in [0.5, 0.6) is 0 Å². The van der Waals surface area contributed by atoms with Crippen LogP contribution in [-0.2, 0) is 18.3 Å². The molecule has 27 heavy (non-hydrogen) atoms. The van der Waals surface area contributed by atoms with E-state index in [4.69, 9.17) is 4.98 Å². The monoisotopic (exact) mass is 359 g/mol. The summed E-state index contributed by atoms with van der Waals surface area (Å²) >= 11 is 0. The normalized spacial score (nSPS) is 11.8. The molecule has 1 N–H and O–H groups in total. The molecule has 6 heteroatoms. The topological polar surface area (TPSA) is 76.5 Å². The van der Waals surface area contributed by atoms with Crippen molar-refractivity contribution >= 4 is 17.5 Å². The van der Waals surface area contributed by atoms with Crippen LogP contribution in [0.1, 0.15) is 19.4 Å². The Hall–Kier alpha value is -3.28. The maximum Gasteiger partial charge on any atom is 0.156 e. The first kappa shape index (κ1) is 17.1. The molecule has 1 aromatic carbocycles. The Morgan fingerprint density at radius 3 is 2.78 bits per heavy atom. The third-order valence-electron chi connectivity index (χ3n) is 4.70. The number of aldehydes is 1. The number of benzene rings is 1. The number of aromatic amines is 1. The first-order chi connectivity index (χ1) is 13.0. The van der Waals surface area contributed by atoms with Gasteiger partial charge in [0.1, 0.15) is 11.8 Å². The number of nitrogens with one attached hydrogen (secondary N) is 1. The molecule has 0 unspecified atom stereocenters. The predicted molar refractivity (Wildman–Crippen MR) is 105 cm³/mol. The lowest BCUT2D eigenvalue weighted by atomic mass is 9.88. The van der Waals surface area contributed by atoms with Crippen molar-refractivity contribution in [3.63, 3.8) is 0 Å². The molecule has 136 valence electrons. The van der Waals surface area contributed by atoms with Crippen LogP contribution >= 0.6 is 0 Å². The SMILES string of the molecule is Cn1nccc1-c1cccc(-c2cnc3[nH]cc(CC(C)(C)C=O)c3n2)c1. The molecule has 4 rings (SSSR count). The Kier molecular flexibility index (Phi) is 4.11. The molecule has 4 aromatic rings. The third kappa shape index (κ3) is 3.26. The molecule has 3 heterocycles. The molecule has 0 aliphatic rings. The zero-order chi connectivity index (χ0) is 19.0. The van der Waals surface area contributed by atoms with Gasteiger partial charge in [-0.1, -0.05) is 32.0 Å². The molecule has 0 radical (unpaired) electrons. The second kappa shape index (κ2) is 6.46. The maximum absolute atomic E-state index is 11.3. The molecular formula is C21H21N5O. The first-order valence-corrected chi connectivity index (χ1v) is 8.85. The minimum Gasteiger partial charge on any atom is -0.345 e. The van der Waals surface area contributed by atoms with Gasteiger partial charge in [0.05, 0.1) is 17.6 Å². The smallest absolute Gasteiger partial charge is 0.156 e. The number of nitrogens with zero attached hydrogens (tertiary/aromatic N) is 4. The van der Waals surface area contributed by atoms with Crippen LogP contribution in [0.4, 0.5) is 0 Å². The second-order valence-electron chi connectivity index (χ2n) is 7.47. The van der Waals surface area contributed by atoms with E-state index in [2.05, 4.69) is 27.2 Å². The minimum absolute atomic E-state index is 0.438. The average Bonchev–Trinajstić information content (AvgIpc) is 3.27. The van der Waals surface area contributed by atoms with E-state index in [0.29, 0.717) is 6.42 Å². The summed E-state index contributed by atoms with van der Waals surface area (Å²) < 4.78 is 1.85. The van der Waals surface area contributed by atoms with Gasteiger partial charge in [0.15, 0.2) is 5.65 Å². The molecule has 0 aliphatic carbocycles. The molecular weight excluding hydrogens is 338 g/mol. The van der Waals surface area contributed by atoms with Gasteiger partial charge >= 0.3 is 0 Å². The molecule has 0 amide bonds. The largest absolute Gasteiger partial charge is 0.345 e. The fourth-order valence-electron chi connectivity index (χ4n) is 3.24. The van der Waals surface area contributed by atoms with E-state index < -0.39 is 5.41 Å². The summed E-state index contributed by atoms with van der Waals surface area (Å²) in [5.41, 5.74) is 6.02. The zero-order valence-corrected chi connectivity index (χ0v) is 15.6. The van der Waals surface area contributed by atoms with E-state index in [1.165, 1.54) is 0 Å². The van der Waals surface area contributed by atoms with E-state index in [9.17, 15) is 4.79 Å². The molecule has 0 saturated carbocycles. The molecule has 0 atom stereocenters. The summed E-state index contributed by atoms with van der Waals surface area (Å²) in [4.78, 5) is 23.8. The average molecular weight is 359 g/mol. The number of rotatable bonds is 5. The Morgan fingerprint density at radius 2 is 2.04 bits per heavy atom. The van der Waals surface area contributed by atoms with Gasteiger partial charge in [0.25, 0.3) is 0 Å². The van der Waals surface area contributed by atoms with Crippen LogP contribution in [-0.4, -0.2) is 31.0 Å². The summed E-state index contributed by atoms with van der Waals surface area (Å²) in [6, 6.07) is 10.2. The van der Waals surface area contributed by atoms with Crippen molar-refractivity contribution in [1.82, 2.24) is 24.7 Å². The van der Waals surface area contributed by atoms with E-state index in [1.54, 1.807) is 12.4 Å². The molecule has 3 aromatic heterocycles. The summed E-state index contributed by atoms with van der Waals surface area (Å²) in [5.74, 6) is 0. The van der Waals surface area contributed by atoms with E-state index in [1.807, 2.05) is 50.0 Å². The molecule has 0 fully saturated rings. The first-order valence-electron chi connectivity index (χ1n) is 8.85. The highest BCUT2D eigenvalue weighted by atomic mass is 16.1. The van der Waals surface area contributed by atoms with Crippen LogP contribution in [0.3, 0.4) is 0 Å². The maximum atomic E-state index is 11.3. The van der Waals surface area contributed by atoms with Gasteiger partial charge in [-0.3, -0.25) is 4.68 Å². The highest BCUT2D eigenvalue weighted by Gasteiger charge is 2.20. The summed E-state index contributed by atoms with van der Waals surface area (Å²) in [6.45, 7) is 3.85. The van der Waals surface area contributed by atoms with Gasteiger partial charge in [-0.2, -0.15) is 5.10 Å². The van der Waals surface area contributed by atoms with Crippen molar-refractivity contribution in [3.05, 3.63) is 54.5 Å². The Morgan fingerprint density at radius 1 is 1.22 bits per heavy atom. The molecule has 0 aliphatic heterocycles. The summed E-state index contributed by atoms with van der Waals surface area (Å²) in [5, 5.41) is 4.24. The fraction of sp³-hybridized carbons (Fsp3) is 0.238. The number of hydrogen-bond acceptors (Lipinski definition) is 4. The molecule has 6 nitrogen and oxygen atoms in total. The molecule has 0 spiro atoms. The third-order valence-corrected chi connectivity index (χ3v) is 4.70. The fourth-order valence-corrected chi connectivity index (χ4v) is 3.24. The minimum atomic E-state index is -0.438. The Bertz CT molecular complexity index is 1120. The van der Waals surface area contributed by atoms with Crippen molar-refractivity contribution < 1.29 is 4.79 Å². The van der Waals surface area contributed by atoms with Gasteiger partial charge in [0.2, 0.25) is 0 Å². The Labute approximate surface area is 157 Å². The van der Waals surface area contributed by atoms with E-state index >= 15 is 0 Å². The quantitative estimate of drug-likeness (QED) is 0.550. The van der Waals surface area contributed by atoms with Crippen molar-refractivity contribution in [1.29, 1.82) is 0 Å². The summed E-state index contributed by atoms with van der Waals surface area (Å²) in [7, 11) is 1.93. The van der Waals surface area contributed by atoms with Crippen LogP contribution < -0.4 is 0 Å². The predicted octanol–water partition coefficient (Wildman–Crippen LogP) is 3.79. The number of H-pyrrole nitrogens is 1. The summed E-state index contributed by atoms with van der Waals surface area (Å²) in [6.07, 6.45) is 7.06. The van der Waals surface area contributed by atoms with Gasteiger partial charge in [0, 0.05) is 36.0 Å². The van der Waals surface area contributed by atoms with Crippen molar-refractivity contribution in [3.8, 4) is 22.5 Å². The molecule has 0 bridgehead atoms. The number of fused-ring (bicyclic) bond motifs is 1. The van der Waals surface area contributed by atoms with Gasteiger partial charge in [-0.25, -0.2) is 9.97 Å². The van der Waals surface area contributed by atoms with Gasteiger partial charge in [-0.05, 0) is 24.1 Å². The van der Waals surface area contributed by atoms with Crippen LogP contribution in [0, 0.1) is 5.41 Å². The number of hydrogen-bond donors (Lipinski definition) is 1. The number of aromatic nitrogens is 5. The zero-order valence-electron chi connectivity index (χ0n) is 15.6. The lowest BCUT2D eigenvalue weighted by molar-refractivity contribution is -0.114. The Balaban J connectivity index is 1.76. The standard InChI is InChI=1S/C21H21N5O/c1-21(2,13-27)10-16-11-22-20-19(16)25-17(12-23-20)14-5-4-6-15(9-14)18-7-8-24-26(18)3/h4-9,11-13H,10H2,1-3H3,(H,22,23). The van der Waals surface area contributed by atoms with Gasteiger partial charge < -0.3 is 9.78 Å². The van der Waals surface area contributed by atoms with Crippen molar-refractivity contribution in [2.24, 2.45) is 12.5 Å². The lowest BCUT2D eigenvalue weighted by Crippen LogP contribution is -2.16. The van der Waals surface area contributed by atoms with Crippen molar-refractivity contribution in [2.75, 3.05) is 0 Å².